The van der Waals surface area contributed by atoms with Gasteiger partial charge in [-0.1, -0.05) is 6.07 Å². The molecule has 0 saturated carbocycles. The molecule has 19 heavy (non-hydrogen) atoms. The number of fused-ring (bicyclic) bond motifs is 1. The second kappa shape index (κ2) is 6.70. The number of aromatic amines is 1. The zero-order valence-electron chi connectivity index (χ0n) is 11.3. The molecule has 2 rings (SSSR count). The number of carbonyl (C=O) groups is 1. The van der Waals surface area contributed by atoms with Crippen molar-refractivity contribution in [3.63, 3.8) is 0 Å². The first-order valence-electron chi connectivity index (χ1n) is 6.00. The number of aromatic nitrogens is 1. The quantitative estimate of drug-likeness (QED) is 0.732. The van der Waals surface area contributed by atoms with Crippen LogP contribution >= 0.6 is 0 Å². The van der Waals surface area contributed by atoms with Crippen LogP contribution in [-0.2, 0) is 4.79 Å². The lowest BCUT2D eigenvalue weighted by Gasteiger charge is -2.04. The molecule has 0 atom stereocenters. The van der Waals surface area contributed by atoms with E-state index in [9.17, 15) is 9.59 Å². The Labute approximate surface area is 111 Å². The first-order chi connectivity index (χ1) is 8.97. The van der Waals surface area contributed by atoms with Crippen LogP contribution in [0.25, 0.3) is 10.8 Å². The van der Waals surface area contributed by atoms with E-state index in [2.05, 4.69) is 10.3 Å². The second-order valence-corrected chi connectivity index (χ2v) is 4.08. The molecule has 0 aliphatic heterocycles. The Bertz CT molecular complexity index is 632. The van der Waals surface area contributed by atoms with Crippen molar-refractivity contribution in [1.29, 1.82) is 0 Å². The van der Waals surface area contributed by atoms with Crippen molar-refractivity contribution in [1.82, 2.24) is 4.98 Å². The molecule has 5 heteroatoms. The molecule has 0 aliphatic rings. The summed E-state index contributed by atoms with van der Waals surface area (Å²) in [6.45, 7) is 5.20. The highest BCUT2D eigenvalue weighted by Crippen LogP contribution is 2.16. The Morgan fingerprint density at radius 2 is 2.00 bits per heavy atom. The van der Waals surface area contributed by atoms with Gasteiger partial charge in [0.05, 0.1) is 0 Å². The fourth-order valence-corrected chi connectivity index (χ4v) is 1.68. The maximum atomic E-state index is 11.7. The van der Waals surface area contributed by atoms with Gasteiger partial charge in [0.1, 0.15) is 0 Å². The fraction of sp³-hybridized carbons (Fsp3) is 0.286. The van der Waals surface area contributed by atoms with Crippen LogP contribution in [0, 0.1) is 6.92 Å². The lowest BCUT2D eigenvalue weighted by Crippen LogP contribution is -2.09. The van der Waals surface area contributed by atoms with Crippen LogP contribution in [0.4, 0.5) is 5.69 Å². The molecule has 0 fully saturated rings. The molecule has 1 heterocycles. The molecule has 0 aliphatic carbocycles. The molecule has 0 saturated heterocycles. The highest BCUT2D eigenvalue weighted by Gasteiger charge is 2.02. The molecule has 0 spiro atoms. The molecule has 0 bridgehead atoms. The molecule has 1 aromatic heterocycles. The standard InChI is InChI=1S/C12H12N2O2.C2H6O/c1-7-5-9-3-4-10(14-8(2)15)6-11(9)12(16)13-7;1-2-3/h3-6H,1-2H3,(H,13,16)(H,14,15);3H,2H2,1H3. The number of H-pyrrole nitrogens is 1. The summed E-state index contributed by atoms with van der Waals surface area (Å²) in [6, 6.07) is 7.18. The number of carbonyl (C=O) groups excluding carboxylic acids is 1. The highest BCUT2D eigenvalue weighted by molar-refractivity contribution is 5.92. The number of benzene rings is 1. The molecular weight excluding hydrogens is 244 g/mol. The van der Waals surface area contributed by atoms with Crippen LogP contribution in [0.2, 0.25) is 0 Å². The Morgan fingerprint density at radius 1 is 1.37 bits per heavy atom. The Balaban J connectivity index is 0.000000550. The van der Waals surface area contributed by atoms with Crippen LogP contribution in [0.1, 0.15) is 19.5 Å². The summed E-state index contributed by atoms with van der Waals surface area (Å²) >= 11 is 0. The SMILES string of the molecule is CC(=O)Nc1ccc2cc(C)[nH]c(=O)c2c1.CCO. The predicted octanol–water partition coefficient (Wildman–Crippen LogP) is 1.79. The third-order valence-corrected chi connectivity index (χ3v) is 2.30. The Morgan fingerprint density at radius 3 is 2.58 bits per heavy atom. The fourth-order valence-electron chi connectivity index (χ4n) is 1.68. The van der Waals surface area contributed by atoms with Crippen LogP contribution in [0.3, 0.4) is 0 Å². The Hall–Kier alpha value is -2.14. The zero-order chi connectivity index (χ0) is 14.4. The number of nitrogens with one attached hydrogen (secondary N) is 2. The van der Waals surface area contributed by atoms with Crippen molar-refractivity contribution in [2.24, 2.45) is 0 Å². The van der Waals surface area contributed by atoms with Gasteiger partial charge < -0.3 is 15.4 Å². The van der Waals surface area contributed by atoms with Crippen molar-refractivity contribution in [3.8, 4) is 0 Å². The number of hydrogen-bond acceptors (Lipinski definition) is 3. The molecule has 5 nitrogen and oxygen atoms in total. The van der Waals surface area contributed by atoms with Crippen LogP contribution in [0.15, 0.2) is 29.1 Å². The van der Waals surface area contributed by atoms with Crippen LogP contribution in [-0.4, -0.2) is 22.6 Å². The van der Waals surface area contributed by atoms with E-state index in [0.29, 0.717) is 11.1 Å². The first-order valence-corrected chi connectivity index (χ1v) is 6.00. The molecule has 102 valence electrons. The minimum atomic E-state index is -0.150. The van der Waals surface area contributed by atoms with Gasteiger partial charge in [0.25, 0.3) is 5.56 Å². The molecule has 1 aromatic carbocycles. The second-order valence-electron chi connectivity index (χ2n) is 4.08. The van der Waals surface area contributed by atoms with Gasteiger partial charge in [0.15, 0.2) is 0 Å². The summed E-state index contributed by atoms with van der Waals surface area (Å²) in [7, 11) is 0. The summed E-state index contributed by atoms with van der Waals surface area (Å²) in [5.41, 5.74) is 1.32. The average Bonchev–Trinajstić information content (AvgIpc) is 2.30. The topological polar surface area (TPSA) is 82.2 Å². The van der Waals surface area contributed by atoms with Crippen molar-refractivity contribution >= 4 is 22.4 Å². The van der Waals surface area contributed by atoms with Gasteiger partial charge in [-0.3, -0.25) is 9.59 Å². The number of pyridine rings is 1. The lowest BCUT2D eigenvalue weighted by atomic mass is 10.1. The number of rotatable bonds is 1. The number of anilines is 1. The van der Waals surface area contributed by atoms with Gasteiger partial charge in [0.2, 0.25) is 5.91 Å². The van der Waals surface area contributed by atoms with Gasteiger partial charge in [0, 0.05) is 30.3 Å². The van der Waals surface area contributed by atoms with E-state index in [0.717, 1.165) is 11.1 Å². The third-order valence-electron chi connectivity index (χ3n) is 2.30. The molecule has 0 radical (unpaired) electrons. The van der Waals surface area contributed by atoms with Crippen molar-refractivity contribution in [2.45, 2.75) is 20.8 Å². The van der Waals surface area contributed by atoms with Crippen molar-refractivity contribution in [2.75, 3.05) is 11.9 Å². The zero-order valence-corrected chi connectivity index (χ0v) is 11.3. The van der Waals surface area contributed by atoms with Crippen molar-refractivity contribution < 1.29 is 9.90 Å². The van der Waals surface area contributed by atoms with Gasteiger partial charge >= 0.3 is 0 Å². The molecule has 3 N–H and O–H groups in total. The van der Waals surface area contributed by atoms with Crippen molar-refractivity contribution in [3.05, 3.63) is 40.3 Å². The first kappa shape index (κ1) is 14.9. The smallest absolute Gasteiger partial charge is 0.256 e. The maximum Gasteiger partial charge on any atom is 0.256 e. The molecular formula is C14H18N2O3. The highest BCUT2D eigenvalue weighted by atomic mass is 16.2. The summed E-state index contributed by atoms with van der Waals surface area (Å²) in [5.74, 6) is -0.150. The molecule has 0 unspecified atom stereocenters. The number of aliphatic hydroxyl groups excluding tert-OH is 1. The van der Waals surface area contributed by atoms with Crippen LogP contribution in [0.5, 0.6) is 0 Å². The van der Waals surface area contributed by atoms with Gasteiger partial charge in [-0.15, -0.1) is 0 Å². The van der Waals surface area contributed by atoms with E-state index < -0.39 is 0 Å². The number of amides is 1. The molecule has 2 aromatic rings. The third kappa shape index (κ3) is 4.22. The summed E-state index contributed by atoms with van der Waals surface area (Å²) < 4.78 is 0. The minimum absolute atomic E-state index is 0.137. The number of hydrogen-bond donors (Lipinski definition) is 3. The summed E-state index contributed by atoms with van der Waals surface area (Å²) in [5, 5.41) is 11.7. The van der Waals surface area contributed by atoms with E-state index in [1.165, 1.54) is 6.92 Å². The predicted molar refractivity (Wildman–Crippen MR) is 76.4 cm³/mol. The van der Waals surface area contributed by atoms with E-state index >= 15 is 0 Å². The van der Waals surface area contributed by atoms with E-state index in [1.54, 1.807) is 19.1 Å². The van der Waals surface area contributed by atoms with Gasteiger partial charge in [-0.05, 0) is 37.4 Å². The number of aryl methyl sites for hydroxylation is 1. The van der Waals surface area contributed by atoms with Gasteiger partial charge in [-0.2, -0.15) is 0 Å². The minimum Gasteiger partial charge on any atom is -0.397 e. The summed E-state index contributed by atoms with van der Waals surface area (Å²) in [4.78, 5) is 25.3. The van der Waals surface area contributed by atoms with E-state index in [-0.39, 0.29) is 18.1 Å². The van der Waals surface area contributed by atoms with E-state index in [4.69, 9.17) is 5.11 Å². The Kier molecular flexibility index (Phi) is 5.26. The maximum absolute atomic E-state index is 11.7. The van der Waals surface area contributed by atoms with Crippen LogP contribution < -0.4 is 10.9 Å². The monoisotopic (exact) mass is 262 g/mol. The largest absolute Gasteiger partial charge is 0.397 e. The van der Waals surface area contributed by atoms with Gasteiger partial charge in [-0.25, -0.2) is 0 Å². The summed E-state index contributed by atoms with van der Waals surface area (Å²) in [6.07, 6.45) is 0. The number of aliphatic hydroxyl groups is 1. The lowest BCUT2D eigenvalue weighted by molar-refractivity contribution is -0.114. The molecule has 1 amide bonds. The average molecular weight is 262 g/mol. The van der Waals surface area contributed by atoms with E-state index in [1.807, 2.05) is 19.1 Å². The normalized spacial score (nSPS) is 9.68.